The number of hydrogen-bond donors (Lipinski definition) is 1. The zero-order valence-corrected chi connectivity index (χ0v) is 24.1. The topological polar surface area (TPSA) is 66.8 Å². The summed E-state index contributed by atoms with van der Waals surface area (Å²) in [5.74, 6) is 0.477. The van der Waals surface area contributed by atoms with E-state index in [1.165, 1.54) is 16.7 Å². The summed E-state index contributed by atoms with van der Waals surface area (Å²) < 4.78 is 5.06. The van der Waals surface area contributed by atoms with Crippen LogP contribution in [0.25, 0.3) is 0 Å². The van der Waals surface area contributed by atoms with Crippen LogP contribution in [-0.4, -0.2) is 53.9 Å². The van der Waals surface area contributed by atoms with Crippen LogP contribution in [0.3, 0.4) is 0 Å². The Labute approximate surface area is 242 Å². The molecule has 0 radical (unpaired) electrons. The van der Waals surface area contributed by atoms with Gasteiger partial charge in [0.25, 0.3) is 0 Å². The Bertz CT molecular complexity index is 1070. The number of rotatable bonds is 15. The van der Waals surface area contributed by atoms with Gasteiger partial charge in [-0.15, -0.1) is 11.8 Å². The van der Waals surface area contributed by atoms with Crippen LogP contribution in [0, 0.1) is 5.92 Å². The summed E-state index contributed by atoms with van der Waals surface area (Å²) in [5.41, 5.74) is 3.92. The summed E-state index contributed by atoms with van der Waals surface area (Å²) in [5, 5.41) is 8.68. The highest BCUT2D eigenvalue weighted by Gasteiger charge is 2.36. The second kappa shape index (κ2) is 15.6. The predicted molar refractivity (Wildman–Crippen MR) is 163 cm³/mol. The average Bonchev–Trinajstić information content (AvgIpc) is 2.99. The lowest BCUT2D eigenvalue weighted by Gasteiger charge is -2.36. The van der Waals surface area contributed by atoms with E-state index in [4.69, 9.17) is 9.84 Å². The first-order valence-corrected chi connectivity index (χ1v) is 15.5. The third kappa shape index (κ3) is 8.45. The number of aliphatic carboxylic acids is 1. The van der Waals surface area contributed by atoms with Crippen molar-refractivity contribution in [2.45, 2.75) is 49.7 Å². The molecular weight excluding hydrogens is 518 g/mol. The van der Waals surface area contributed by atoms with Gasteiger partial charge in [-0.1, -0.05) is 91.0 Å². The van der Waals surface area contributed by atoms with Crippen LogP contribution in [0.1, 0.15) is 61.6 Å². The molecule has 0 unspecified atom stereocenters. The fraction of sp³-hybridized carbons (Fsp3) is 0.412. The van der Waals surface area contributed by atoms with E-state index in [9.17, 15) is 9.59 Å². The van der Waals surface area contributed by atoms with Crippen LogP contribution in [0.15, 0.2) is 91.0 Å². The van der Waals surface area contributed by atoms with E-state index in [-0.39, 0.29) is 23.6 Å². The first kappa shape index (κ1) is 29.9. The van der Waals surface area contributed by atoms with E-state index < -0.39 is 5.97 Å². The molecule has 0 aromatic heterocycles. The molecule has 6 heteroatoms. The second-order valence-corrected chi connectivity index (χ2v) is 11.8. The molecule has 0 amide bonds. The minimum Gasteiger partial charge on any atom is -0.481 e. The number of hydrogen-bond acceptors (Lipinski definition) is 5. The number of benzene rings is 3. The molecular formula is C34H41NO4S. The van der Waals surface area contributed by atoms with Gasteiger partial charge in [-0.05, 0) is 80.1 Å². The average molecular weight is 560 g/mol. The van der Waals surface area contributed by atoms with Gasteiger partial charge in [0.15, 0.2) is 0 Å². The molecule has 1 fully saturated rings. The normalized spacial score (nSPS) is 14.6. The largest absolute Gasteiger partial charge is 0.481 e. The molecule has 1 saturated heterocycles. The van der Waals surface area contributed by atoms with Crippen LogP contribution >= 0.6 is 11.8 Å². The summed E-state index contributed by atoms with van der Waals surface area (Å²) in [7, 11) is 0. The monoisotopic (exact) mass is 559 g/mol. The Morgan fingerprint density at radius 2 is 1.32 bits per heavy atom. The summed E-state index contributed by atoms with van der Waals surface area (Å²) in [6.07, 6.45) is 4.81. The molecule has 1 aliphatic heterocycles. The lowest BCUT2D eigenvalue weighted by atomic mass is 9.84. The molecule has 212 valence electrons. The van der Waals surface area contributed by atoms with E-state index in [1.807, 2.05) is 11.8 Å². The van der Waals surface area contributed by atoms with E-state index >= 15 is 0 Å². The fourth-order valence-electron chi connectivity index (χ4n) is 5.58. The summed E-state index contributed by atoms with van der Waals surface area (Å²) in [6, 6.07) is 32.6. The minimum atomic E-state index is -0.874. The van der Waals surface area contributed by atoms with Crippen molar-refractivity contribution in [3.05, 3.63) is 108 Å². The van der Waals surface area contributed by atoms with Crippen LogP contribution in [-0.2, 0) is 19.1 Å². The molecule has 0 aliphatic carbocycles. The van der Waals surface area contributed by atoms with Gasteiger partial charge in [-0.3, -0.25) is 9.59 Å². The number of carbonyl (C=O) groups excluding carboxylic acids is 1. The highest BCUT2D eigenvalue weighted by atomic mass is 32.2. The van der Waals surface area contributed by atoms with Gasteiger partial charge in [0.1, 0.15) is 0 Å². The Morgan fingerprint density at radius 3 is 1.82 bits per heavy atom. The Morgan fingerprint density at radius 1 is 0.800 bits per heavy atom. The number of esters is 1. The predicted octanol–water partition coefficient (Wildman–Crippen LogP) is 7.00. The first-order chi connectivity index (χ1) is 19.6. The summed E-state index contributed by atoms with van der Waals surface area (Å²) in [6.45, 7) is 3.70. The van der Waals surface area contributed by atoms with E-state index in [2.05, 4.69) is 95.9 Å². The standard InChI is InChI=1S/C34H41NO4S/c36-32(37)18-10-19-33(38)39-26-22-28-20-24-35(25-21-28)23-11-27-40-34(29-12-4-1-5-13-29,30-14-6-2-7-15-30)31-16-8-3-9-17-31/h1-9,12-17,28H,10-11,18-27H2,(H,36,37). The van der Waals surface area contributed by atoms with Crippen LogP contribution < -0.4 is 0 Å². The van der Waals surface area contributed by atoms with Gasteiger partial charge in [0.05, 0.1) is 11.4 Å². The molecule has 3 aromatic rings. The third-order valence-corrected chi connectivity index (χ3v) is 9.38. The number of piperidine rings is 1. The molecule has 40 heavy (non-hydrogen) atoms. The van der Waals surface area contributed by atoms with E-state index in [1.54, 1.807) is 0 Å². The quantitative estimate of drug-likeness (QED) is 0.123. The first-order valence-electron chi connectivity index (χ1n) is 14.5. The third-order valence-electron chi connectivity index (χ3n) is 7.75. The van der Waals surface area contributed by atoms with Crippen molar-refractivity contribution in [1.29, 1.82) is 0 Å². The number of carbonyl (C=O) groups is 2. The Hall–Kier alpha value is -3.09. The van der Waals surface area contributed by atoms with Crippen molar-refractivity contribution in [3.63, 3.8) is 0 Å². The molecule has 0 bridgehead atoms. The van der Waals surface area contributed by atoms with Gasteiger partial charge in [-0.2, -0.15) is 0 Å². The molecule has 5 nitrogen and oxygen atoms in total. The van der Waals surface area contributed by atoms with Crippen molar-refractivity contribution in [2.24, 2.45) is 5.92 Å². The second-order valence-electron chi connectivity index (χ2n) is 10.5. The zero-order chi connectivity index (χ0) is 28.0. The maximum atomic E-state index is 11.8. The van der Waals surface area contributed by atoms with Gasteiger partial charge < -0.3 is 14.7 Å². The minimum absolute atomic E-state index is 0.0117. The van der Waals surface area contributed by atoms with Crippen LogP contribution in [0.2, 0.25) is 0 Å². The van der Waals surface area contributed by atoms with Crippen molar-refractivity contribution in [2.75, 3.05) is 32.0 Å². The molecule has 3 aromatic carbocycles. The number of likely N-dealkylation sites (tertiary alicyclic amines) is 1. The Kier molecular flexibility index (Phi) is 11.7. The molecule has 1 heterocycles. The van der Waals surface area contributed by atoms with Gasteiger partial charge in [0, 0.05) is 12.8 Å². The zero-order valence-electron chi connectivity index (χ0n) is 23.3. The lowest BCUT2D eigenvalue weighted by molar-refractivity contribution is -0.144. The molecule has 0 saturated carbocycles. The molecule has 1 aliphatic rings. The smallest absolute Gasteiger partial charge is 0.305 e. The number of thioether (sulfide) groups is 1. The highest BCUT2D eigenvalue weighted by Crippen LogP contribution is 2.48. The van der Waals surface area contributed by atoms with Crippen molar-refractivity contribution < 1.29 is 19.4 Å². The maximum Gasteiger partial charge on any atom is 0.305 e. The summed E-state index contributed by atoms with van der Waals surface area (Å²) >= 11 is 2.03. The van der Waals surface area contributed by atoms with Crippen LogP contribution in [0.4, 0.5) is 0 Å². The Balaban J connectivity index is 1.27. The van der Waals surface area contributed by atoms with Gasteiger partial charge in [0.2, 0.25) is 0 Å². The van der Waals surface area contributed by atoms with Crippen molar-refractivity contribution in [3.8, 4) is 0 Å². The summed E-state index contributed by atoms with van der Waals surface area (Å²) in [4.78, 5) is 24.9. The maximum absolute atomic E-state index is 11.8. The molecule has 4 rings (SSSR count). The highest BCUT2D eigenvalue weighted by molar-refractivity contribution is 8.00. The number of carboxylic acids is 1. The molecule has 0 atom stereocenters. The molecule has 0 spiro atoms. The van der Waals surface area contributed by atoms with E-state index in [0.29, 0.717) is 18.9 Å². The van der Waals surface area contributed by atoms with Crippen molar-refractivity contribution in [1.82, 2.24) is 4.90 Å². The SMILES string of the molecule is O=C(O)CCCC(=O)OCCC1CCN(CCCSC(c2ccccc2)(c2ccccc2)c2ccccc2)CC1. The number of ether oxygens (including phenoxy) is 1. The van der Waals surface area contributed by atoms with Gasteiger partial charge >= 0.3 is 11.9 Å². The lowest BCUT2D eigenvalue weighted by Crippen LogP contribution is -2.35. The van der Waals surface area contributed by atoms with E-state index in [0.717, 1.165) is 51.1 Å². The van der Waals surface area contributed by atoms with Crippen LogP contribution in [0.5, 0.6) is 0 Å². The number of carboxylic acid groups (broad SMARTS) is 1. The van der Waals surface area contributed by atoms with Gasteiger partial charge in [-0.25, -0.2) is 0 Å². The molecule has 1 N–H and O–H groups in total. The fourth-order valence-corrected chi connectivity index (χ4v) is 7.06. The van der Waals surface area contributed by atoms with Crippen molar-refractivity contribution >= 4 is 23.7 Å². The number of nitrogens with zero attached hydrogens (tertiary/aromatic N) is 1.